The van der Waals surface area contributed by atoms with Crippen LogP contribution in [0.15, 0.2) is 24.3 Å². The zero-order valence-corrected chi connectivity index (χ0v) is 13.5. The number of hydrogen-bond acceptors (Lipinski definition) is 3. The third-order valence-corrected chi connectivity index (χ3v) is 3.47. The third-order valence-electron chi connectivity index (χ3n) is 3.47. The summed E-state index contributed by atoms with van der Waals surface area (Å²) >= 11 is 0. The molecule has 1 aliphatic rings. The van der Waals surface area contributed by atoms with Gasteiger partial charge >= 0.3 is 0 Å². The molecule has 0 aromatic heterocycles. The summed E-state index contributed by atoms with van der Waals surface area (Å²) in [5.74, 6) is 0.205. The fraction of sp³-hybridized carbons (Fsp3) is 0.562. The van der Waals surface area contributed by atoms with Crippen molar-refractivity contribution in [3.8, 4) is 0 Å². The monoisotopic (exact) mass is 312 g/mol. The van der Waals surface area contributed by atoms with E-state index in [1.54, 1.807) is 0 Å². The van der Waals surface area contributed by atoms with Gasteiger partial charge in [-0.15, -0.1) is 12.4 Å². The molecule has 1 aliphatic heterocycles. The standard InChI is InChI=1S/C16H24N2O2.ClH/c1-12(2)20-11-13-5-7-15(8-6-13)18-16(19)14-4-3-9-17-10-14;/h5-8,12,14,17H,3-4,9-11H2,1-2H3,(H,18,19);1H. The molecular weight excluding hydrogens is 288 g/mol. The van der Waals surface area contributed by atoms with Gasteiger partial charge in [0, 0.05) is 12.2 Å². The van der Waals surface area contributed by atoms with Crippen LogP contribution in [-0.4, -0.2) is 25.1 Å². The van der Waals surface area contributed by atoms with Crippen LogP contribution in [0.2, 0.25) is 0 Å². The minimum Gasteiger partial charge on any atom is -0.374 e. The number of halogens is 1. The quantitative estimate of drug-likeness (QED) is 0.879. The number of piperidine rings is 1. The second kappa shape index (κ2) is 9.03. The summed E-state index contributed by atoms with van der Waals surface area (Å²) in [4.78, 5) is 12.1. The van der Waals surface area contributed by atoms with Crippen LogP contribution in [-0.2, 0) is 16.1 Å². The van der Waals surface area contributed by atoms with Gasteiger partial charge in [0.2, 0.25) is 5.91 Å². The van der Waals surface area contributed by atoms with Crippen molar-refractivity contribution in [2.45, 2.75) is 39.4 Å². The largest absolute Gasteiger partial charge is 0.374 e. The predicted octanol–water partition coefficient (Wildman–Crippen LogP) is 2.97. The molecule has 0 saturated carbocycles. The Balaban J connectivity index is 0.00000220. The van der Waals surface area contributed by atoms with Crippen LogP contribution in [0, 0.1) is 5.92 Å². The third kappa shape index (κ3) is 6.04. The van der Waals surface area contributed by atoms with Crippen LogP contribution in [0.3, 0.4) is 0 Å². The Kier molecular flexibility index (Phi) is 7.72. The number of amides is 1. The van der Waals surface area contributed by atoms with Crippen LogP contribution < -0.4 is 10.6 Å². The molecule has 5 heteroatoms. The normalized spacial score (nSPS) is 18.1. The first kappa shape index (κ1) is 18.0. The van der Waals surface area contributed by atoms with E-state index in [0.29, 0.717) is 6.61 Å². The topological polar surface area (TPSA) is 50.4 Å². The first-order chi connectivity index (χ1) is 9.65. The molecule has 1 saturated heterocycles. The maximum Gasteiger partial charge on any atom is 0.228 e. The Morgan fingerprint density at radius 1 is 1.38 bits per heavy atom. The number of ether oxygens (including phenoxy) is 1. The van der Waals surface area contributed by atoms with E-state index < -0.39 is 0 Å². The highest BCUT2D eigenvalue weighted by atomic mass is 35.5. The number of benzene rings is 1. The van der Waals surface area contributed by atoms with Gasteiger partial charge in [0.25, 0.3) is 0 Å². The molecule has 1 fully saturated rings. The molecule has 1 aromatic rings. The lowest BCUT2D eigenvalue weighted by Crippen LogP contribution is -2.37. The number of hydrogen-bond donors (Lipinski definition) is 2. The van der Waals surface area contributed by atoms with Crippen molar-refractivity contribution >= 4 is 24.0 Å². The first-order valence-corrected chi connectivity index (χ1v) is 7.37. The lowest BCUT2D eigenvalue weighted by atomic mass is 9.99. The smallest absolute Gasteiger partial charge is 0.228 e. The van der Waals surface area contributed by atoms with Crippen LogP contribution in [0.25, 0.3) is 0 Å². The fourth-order valence-corrected chi connectivity index (χ4v) is 2.27. The lowest BCUT2D eigenvalue weighted by Gasteiger charge is -2.21. The van der Waals surface area contributed by atoms with Crippen LogP contribution in [0.1, 0.15) is 32.3 Å². The van der Waals surface area contributed by atoms with Gasteiger partial charge in [-0.05, 0) is 50.9 Å². The van der Waals surface area contributed by atoms with E-state index in [0.717, 1.165) is 37.2 Å². The average Bonchev–Trinajstić information content (AvgIpc) is 2.47. The molecule has 1 amide bonds. The highest BCUT2D eigenvalue weighted by Crippen LogP contribution is 2.15. The highest BCUT2D eigenvalue weighted by Gasteiger charge is 2.20. The van der Waals surface area contributed by atoms with E-state index in [9.17, 15) is 4.79 Å². The van der Waals surface area contributed by atoms with Gasteiger partial charge in [0.05, 0.1) is 18.6 Å². The van der Waals surface area contributed by atoms with Gasteiger partial charge in [0.15, 0.2) is 0 Å². The van der Waals surface area contributed by atoms with E-state index >= 15 is 0 Å². The second-order valence-electron chi connectivity index (χ2n) is 5.59. The first-order valence-electron chi connectivity index (χ1n) is 7.37. The number of rotatable bonds is 5. The molecule has 1 unspecified atom stereocenters. The van der Waals surface area contributed by atoms with Gasteiger partial charge in [-0.25, -0.2) is 0 Å². The molecule has 21 heavy (non-hydrogen) atoms. The summed E-state index contributed by atoms with van der Waals surface area (Å²) < 4.78 is 5.55. The molecule has 1 heterocycles. The van der Waals surface area contributed by atoms with Crippen molar-refractivity contribution in [3.05, 3.63) is 29.8 Å². The summed E-state index contributed by atoms with van der Waals surface area (Å²) in [6, 6.07) is 7.87. The molecule has 2 N–H and O–H groups in total. The van der Waals surface area contributed by atoms with E-state index in [-0.39, 0.29) is 30.3 Å². The van der Waals surface area contributed by atoms with Crippen LogP contribution in [0.4, 0.5) is 5.69 Å². The second-order valence-corrected chi connectivity index (χ2v) is 5.59. The molecular formula is C16H25ClN2O2. The molecule has 118 valence electrons. The predicted molar refractivity (Wildman–Crippen MR) is 87.8 cm³/mol. The average molecular weight is 313 g/mol. The SMILES string of the molecule is CC(C)OCc1ccc(NC(=O)C2CCCNC2)cc1.Cl. The van der Waals surface area contributed by atoms with Crippen LogP contribution >= 0.6 is 12.4 Å². The van der Waals surface area contributed by atoms with Crippen molar-refractivity contribution in [1.82, 2.24) is 5.32 Å². The van der Waals surface area contributed by atoms with Gasteiger partial charge in [-0.2, -0.15) is 0 Å². The van der Waals surface area contributed by atoms with Crippen LogP contribution in [0.5, 0.6) is 0 Å². The van der Waals surface area contributed by atoms with Crippen molar-refractivity contribution in [1.29, 1.82) is 0 Å². The maximum absolute atomic E-state index is 12.1. The van der Waals surface area contributed by atoms with E-state index in [4.69, 9.17) is 4.74 Å². The van der Waals surface area contributed by atoms with E-state index in [2.05, 4.69) is 10.6 Å². The summed E-state index contributed by atoms with van der Waals surface area (Å²) in [7, 11) is 0. The Morgan fingerprint density at radius 3 is 2.67 bits per heavy atom. The molecule has 0 radical (unpaired) electrons. The van der Waals surface area contributed by atoms with E-state index in [1.165, 1.54) is 0 Å². The van der Waals surface area contributed by atoms with Gasteiger partial charge < -0.3 is 15.4 Å². The number of anilines is 1. The number of nitrogens with one attached hydrogen (secondary N) is 2. The number of carbonyl (C=O) groups is 1. The van der Waals surface area contributed by atoms with Gasteiger partial charge in [0.1, 0.15) is 0 Å². The minimum atomic E-state index is 0. The Morgan fingerprint density at radius 2 is 2.10 bits per heavy atom. The van der Waals surface area contributed by atoms with Crippen molar-refractivity contribution in [2.75, 3.05) is 18.4 Å². The van der Waals surface area contributed by atoms with Gasteiger partial charge in [-0.1, -0.05) is 12.1 Å². The fourth-order valence-electron chi connectivity index (χ4n) is 2.27. The molecule has 0 bridgehead atoms. The van der Waals surface area contributed by atoms with Crippen molar-refractivity contribution in [2.24, 2.45) is 5.92 Å². The summed E-state index contributed by atoms with van der Waals surface area (Å²) in [6.07, 6.45) is 2.27. The van der Waals surface area contributed by atoms with Gasteiger partial charge in [-0.3, -0.25) is 4.79 Å². The summed E-state index contributed by atoms with van der Waals surface area (Å²) in [5, 5.41) is 6.24. The highest BCUT2D eigenvalue weighted by molar-refractivity contribution is 5.92. The Hall–Kier alpha value is -1.10. The van der Waals surface area contributed by atoms with Crippen molar-refractivity contribution < 1.29 is 9.53 Å². The summed E-state index contributed by atoms with van der Waals surface area (Å²) in [5.41, 5.74) is 1.98. The molecule has 4 nitrogen and oxygen atoms in total. The molecule has 2 rings (SSSR count). The summed E-state index contributed by atoms with van der Waals surface area (Å²) in [6.45, 7) is 6.46. The zero-order chi connectivity index (χ0) is 14.4. The molecule has 1 atom stereocenters. The van der Waals surface area contributed by atoms with Crippen molar-refractivity contribution in [3.63, 3.8) is 0 Å². The maximum atomic E-state index is 12.1. The molecule has 0 spiro atoms. The minimum absolute atomic E-state index is 0. The molecule has 1 aromatic carbocycles. The number of carbonyl (C=O) groups excluding carboxylic acids is 1. The Bertz CT molecular complexity index is 428. The van der Waals surface area contributed by atoms with E-state index in [1.807, 2.05) is 38.1 Å². The Labute approximate surface area is 133 Å². The zero-order valence-electron chi connectivity index (χ0n) is 12.7. The molecule has 0 aliphatic carbocycles. The lowest BCUT2D eigenvalue weighted by molar-refractivity contribution is -0.120.